The molecule has 1 aromatic carbocycles. The number of hydrogen-bond acceptors (Lipinski definition) is 4. The number of aromatic amines is 1. The van der Waals surface area contributed by atoms with Gasteiger partial charge in [0.15, 0.2) is 5.82 Å². The maximum atomic E-state index is 5.18. The number of ether oxygens (including phenoxy) is 1. The van der Waals surface area contributed by atoms with Gasteiger partial charge in [-0.15, -0.1) is 0 Å². The van der Waals surface area contributed by atoms with Crippen LogP contribution in [-0.4, -0.2) is 36.4 Å². The first-order valence-electron chi connectivity index (χ1n) is 6.94. The summed E-state index contributed by atoms with van der Waals surface area (Å²) in [5, 5.41) is 14.4. The lowest BCUT2D eigenvalue weighted by Gasteiger charge is -2.10. The van der Waals surface area contributed by atoms with Crippen LogP contribution in [0, 0.1) is 6.92 Å². The lowest BCUT2D eigenvalue weighted by atomic mass is 10.1. The van der Waals surface area contributed by atoms with E-state index in [0.29, 0.717) is 6.04 Å². The van der Waals surface area contributed by atoms with Gasteiger partial charge in [0, 0.05) is 23.7 Å². The molecule has 1 unspecified atom stereocenters. The molecule has 106 valence electrons. The molecule has 0 saturated carbocycles. The highest BCUT2D eigenvalue weighted by atomic mass is 16.5. The third-order valence-electron chi connectivity index (χ3n) is 3.79. The minimum absolute atomic E-state index is 0.473. The van der Waals surface area contributed by atoms with Crippen LogP contribution in [0.4, 0.5) is 5.82 Å². The Labute approximate surface area is 118 Å². The Morgan fingerprint density at radius 1 is 1.30 bits per heavy atom. The summed E-state index contributed by atoms with van der Waals surface area (Å²) in [6.45, 7) is 4.17. The van der Waals surface area contributed by atoms with Gasteiger partial charge >= 0.3 is 0 Å². The van der Waals surface area contributed by atoms with Gasteiger partial charge in [0.2, 0.25) is 0 Å². The summed E-state index contributed by atoms with van der Waals surface area (Å²) in [6, 6.07) is 8.48. The second kappa shape index (κ2) is 5.54. The summed E-state index contributed by atoms with van der Waals surface area (Å²) in [5.74, 6) is 1.81. The largest absolute Gasteiger partial charge is 0.497 e. The van der Waals surface area contributed by atoms with Gasteiger partial charge < -0.3 is 15.4 Å². The predicted octanol–water partition coefficient (Wildman–Crippen LogP) is 2.17. The van der Waals surface area contributed by atoms with Crippen LogP contribution in [0.2, 0.25) is 0 Å². The standard InChI is InChI=1S/C15H20N4O/c1-10-14(11-3-5-13(20-2)6-4-11)18-19-15(10)17-12-7-8-16-9-12/h3-6,12,16H,7-9H2,1-2H3,(H2,17,18,19). The van der Waals surface area contributed by atoms with Gasteiger partial charge in [0.25, 0.3) is 0 Å². The van der Waals surface area contributed by atoms with Gasteiger partial charge in [-0.2, -0.15) is 5.10 Å². The lowest BCUT2D eigenvalue weighted by Crippen LogP contribution is -2.22. The Bertz CT molecular complexity index is 570. The smallest absolute Gasteiger partial charge is 0.151 e. The molecule has 1 aliphatic heterocycles. The number of hydrogen-bond donors (Lipinski definition) is 3. The summed E-state index contributed by atoms with van der Waals surface area (Å²) in [5.41, 5.74) is 3.33. The van der Waals surface area contributed by atoms with Crippen LogP contribution in [-0.2, 0) is 0 Å². The van der Waals surface area contributed by atoms with E-state index in [1.165, 1.54) is 0 Å². The zero-order valence-electron chi connectivity index (χ0n) is 11.9. The van der Waals surface area contributed by atoms with Crippen molar-refractivity contribution in [2.75, 3.05) is 25.5 Å². The van der Waals surface area contributed by atoms with Gasteiger partial charge in [0.05, 0.1) is 12.8 Å². The van der Waals surface area contributed by atoms with E-state index in [0.717, 1.165) is 47.9 Å². The number of anilines is 1. The average Bonchev–Trinajstić information content (AvgIpc) is 3.11. The number of methoxy groups -OCH3 is 1. The molecule has 1 saturated heterocycles. The molecule has 0 amide bonds. The summed E-state index contributed by atoms with van der Waals surface area (Å²) >= 11 is 0. The van der Waals surface area contributed by atoms with E-state index in [2.05, 4.69) is 27.8 Å². The average molecular weight is 272 g/mol. The molecule has 0 spiro atoms. The molecular weight excluding hydrogens is 252 g/mol. The highest BCUT2D eigenvalue weighted by Gasteiger charge is 2.17. The van der Waals surface area contributed by atoms with Crippen molar-refractivity contribution in [2.45, 2.75) is 19.4 Å². The van der Waals surface area contributed by atoms with Crippen LogP contribution >= 0.6 is 0 Å². The first kappa shape index (κ1) is 13.0. The molecule has 0 radical (unpaired) electrons. The minimum atomic E-state index is 0.473. The third-order valence-corrected chi connectivity index (χ3v) is 3.79. The summed E-state index contributed by atoms with van der Waals surface area (Å²) in [4.78, 5) is 0. The second-order valence-corrected chi connectivity index (χ2v) is 5.13. The van der Waals surface area contributed by atoms with E-state index in [9.17, 15) is 0 Å². The second-order valence-electron chi connectivity index (χ2n) is 5.13. The van der Waals surface area contributed by atoms with Crippen molar-refractivity contribution in [2.24, 2.45) is 0 Å². The van der Waals surface area contributed by atoms with E-state index in [1.807, 2.05) is 24.3 Å². The van der Waals surface area contributed by atoms with Crippen LogP contribution < -0.4 is 15.4 Å². The topological polar surface area (TPSA) is 62.0 Å². The van der Waals surface area contributed by atoms with Crippen molar-refractivity contribution in [3.63, 3.8) is 0 Å². The van der Waals surface area contributed by atoms with E-state index in [1.54, 1.807) is 7.11 Å². The highest BCUT2D eigenvalue weighted by molar-refractivity contribution is 5.69. The van der Waals surface area contributed by atoms with Crippen molar-refractivity contribution in [1.82, 2.24) is 15.5 Å². The Kier molecular flexibility index (Phi) is 3.60. The normalized spacial score (nSPS) is 18.2. The maximum absolute atomic E-state index is 5.18. The molecular formula is C15H20N4O. The summed E-state index contributed by atoms with van der Waals surface area (Å²) in [7, 11) is 1.67. The van der Waals surface area contributed by atoms with Crippen LogP contribution in [0.25, 0.3) is 11.3 Å². The van der Waals surface area contributed by atoms with Crippen LogP contribution in [0.15, 0.2) is 24.3 Å². The van der Waals surface area contributed by atoms with Crippen molar-refractivity contribution in [3.8, 4) is 17.0 Å². The zero-order chi connectivity index (χ0) is 13.9. The molecule has 5 nitrogen and oxygen atoms in total. The summed E-state index contributed by atoms with van der Waals surface area (Å²) in [6.07, 6.45) is 1.14. The Morgan fingerprint density at radius 2 is 2.10 bits per heavy atom. The van der Waals surface area contributed by atoms with E-state index >= 15 is 0 Å². The molecule has 3 rings (SSSR count). The molecule has 0 bridgehead atoms. The van der Waals surface area contributed by atoms with Crippen molar-refractivity contribution in [3.05, 3.63) is 29.8 Å². The monoisotopic (exact) mass is 272 g/mol. The summed E-state index contributed by atoms with van der Waals surface area (Å²) < 4.78 is 5.18. The fourth-order valence-electron chi connectivity index (χ4n) is 2.55. The predicted molar refractivity (Wildman–Crippen MR) is 80.2 cm³/mol. The maximum Gasteiger partial charge on any atom is 0.151 e. The Balaban J connectivity index is 1.81. The van der Waals surface area contributed by atoms with E-state index in [4.69, 9.17) is 4.74 Å². The Morgan fingerprint density at radius 3 is 2.75 bits per heavy atom. The van der Waals surface area contributed by atoms with Gasteiger partial charge in [-0.1, -0.05) is 0 Å². The number of nitrogens with one attached hydrogen (secondary N) is 3. The van der Waals surface area contributed by atoms with Crippen molar-refractivity contribution in [1.29, 1.82) is 0 Å². The van der Waals surface area contributed by atoms with Crippen LogP contribution in [0.5, 0.6) is 5.75 Å². The molecule has 5 heteroatoms. The fourth-order valence-corrected chi connectivity index (χ4v) is 2.55. The quantitative estimate of drug-likeness (QED) is 0.798. The highest BCUT2D eigenvalue weighted by Crippen LogP contribution is 2.27. The van der Waals surface area contributed by atoms with Crippen LogP contribution in [0.3, 0.4) is 0 Å². The first-order chi connectivity index (χ1) is 9.78. The number of aromatic nitrogens is 2. The number of H-pyrrole nitrogens is 1. The van der Waals surface area contributed by atoms with Gasteiger partial charge in [0.1, 0.15) is 5.75 Å². The first-order valence-corrected chi connectivity index (χ1v) is 6.94. The molecule has 1 fully saturated rings. The lowest BCUT2D eigenvalue weighted by molar-refractivity contribution is 0.415. The molecule has 1 aliphatic rings. The minimum Gasteiger partial charge on any atom is -0.497 e. The molecule has 1 aromatic heterocycles. The van der Waals surface area contributed by atoms with Crippen molar-refractivity contribution < 1.29 is 4.74 Å². The number of benzene rings is 1. The molecule has 1 atom stereocenters. The SMILES string of the molecule is COc1ccc(-c2[nH]nc(NC3CCNC3)c2C)cc1. The zero-order valence-corrected chi connectivity index (χ0v) is 11.9. The number of rotatable bonds is 4. The fraction of sp³-hybridized carbons (Fsp3) is 0.400. The molecule has 2 aromatic rings. The molecule has 20 heavy (non-hydrogen) atoms. The van der Waals surface area contributed by atoms with E-state index in [-0.39, 0.29) is 0 Å². The van der Waals surface area contributed by atoms with Gasteiger partial charge in [-0.3, -0.25) is 5.10 Å². The molecule has 3 N–H and O–H groups in total. The van der Waals surface area contributed by atoms with Crippen LogP contribution in [0.1, 0.15) is 12.0 Å². The van der Waals surface area contributed by atoms with Crippen molar-refractivity contribution >= 4 is 5.82 Å². The molecule has 2 heterocycles. The van der Waals surface area contributed by atoms with Gasteiger partial charge in [-0.05, 0) is 44.2 Å². The van der Waals surface area contributed by atoms with E-state index < -0.39 is 0 Å². The molecule has 0 aliphatic carbocycles. The number of nitrogens with zero attached hydrogens (tertiary/aromatic N) is 1. The Hall–Kier alpha value is -2.01. The third kappa shape index (κ3) is 2.49. The van der Waals surface area contributed by atoms with Gasteiger partial charge in [-0.25, -0.2) is 0 Å².